The zero-order chi connectivity index (χ0) is 22.0. The van der Waals surface area contributed by atoms with Gasteiger partial charge in [0.15, 0.2) is 5.78 Å². The van der Waals surface area contributed by atoms with E-state index in [9.17, 15) is 9.59 Å². The zero-order valence-electron chi connectivity index (χ0n) is 18.5. The van der Waals surface area contributed by atoms with Crippen LogP contribution in [-0.2, 0) is 6.42 Å². The predicted octanol–water partition coefficient (Wildman–Crippen LogP) is 4.52. The first-order valence-electron chi connectivity index (χ1n) is 11.0. The van der Waals surface area contributed by atoms with Crippen LogP contribution in [-0.4, -0.2) is 30.4 Å². The number of hydrogen-bond acceptors (Lipinski definition) is 4. The smallest absolute Gasteiger partial charge is 0.251 e. The average Bonchev–Trinajstić information content (AvgIpc) is 3.26. The molecule has 0 unspecified atom stereocenters. The lowest BCUT2D eigenvalue weighted by Crippen LogP contribution is -2.43. The third-order valence-corrected chi connectivity index (χ3v) is 6.11. The van der Waals surface area contributed by atoms with Crippen LogP contribution in [0.4, 0.5) is 0 Å². The van der Waals surface area contributed by atoms with Gasteiger partial charge in [0, 0.05) is 40.0 Å². The number of allylic oxidation sites excluding steroid dienone is 1. The highest BCUT2D eigenvalue weighted by Gasteiger charge is 2.28. The molecule has 31 heavy (non-hydrogen) atoms. The number of nitrogens with one attached hydrogen (secondary N) is 2. The fourth-order valence-corrected chi connectivity index (χ4v) is 4.49. The molecule has 1 aliphatic carbocycles. The Labute approximate surface area is 183 Å². The maximum atomic E-state index is 13.0. The minimum atomic E-state index is -0.157. The number of benzene rings is 2. The molecule has 1 fully saturated rings. The normalized spacial score (nSPS) is 18.9. The van der Waals surface area contributed by atoms with Crippen molar-refractivity contribution in [3.63, 3.8) is 0 Å². The number of amides is 1. The maximum Gasteiger partial charge on any atom is 0.251 e. The fraction of sp³-hybridized carbons (Fsp3) is 0.385. The fourth-order valence-electron chi connectivity index (χ4n) is 4.49. The summed E-state index contributed by atoms with van der Waals surface area (Å²) in [4.78, 5) is 25.4. The number of ether oxygens (including phenoxy) is 1. The van der Waals surface area contributed by atoms with Gasteiger partial charge in [-0.05, 0) is 62.9 Å². The first kappa shape index (κ1) is 21.2. The van der Waals surface area contributed by atoms with Crippen molar-refractivity contribution in [2.75, 3.05) is 7.11 Å². The van der Waals surface area contributed by atoms with Crippen molar-refractivity contribution >= 4 is 17.4 Å². The zero-order valence-corrected chi connectivity index (χ0v) is 18.5. The Bertz CT molecular complexity index is 1020. The Morgan fingerprint density at radius 2 is 1.74 bits per heavy atom. The van der Waals surface area contributed by atoms with Crippen molar-refractivity contribution in [2.45, 2.75) is 57.5 Å². The molecule has 1 aliphatic heterocycles. The van der Waals surface area contributed by atoms with Crippen molar-refractivity contribution in [3.8, 4) is 5.75 Å². The van der Waals surface area contributed by atoms with Gasteiger partial charge in [0.25, 0.3) is 5.91 Å². The Hall–Kier alpha value is -3.08. The molecule has 0 atom stereocenters. The first-order chi connectivity index (χ1) is 14.8. The second kappa shape index (κ2) is 8.58. The molecule has 4 rings (SSSR count). The first-order valence-corrected chi connectivity index (χ1v) is 11.0. The van der Waals surface area contributed by atoms with Crippen molar-refractivity contribution < 1.29 is 14.3 Å². The van der Waals surface area contributed by atoms with Crippen molar-refractivity contribution in [2.24, 2.45) is 0 Å². The van der Waals surface area contributed by atoms with Crippen molar-refractivity contribution in [3.05, 3.63) is 70.8 Å². The summed E-state index contributed by atoms with van der Waals surface area (Å²) >= 11 is 0. The summed E-state index contributed by atoms with van der Waals surface area (Å²) in [5, 5.41) is 6.57. The molecule has 162 valence electrons. The molecule has 1 saturated carbocycles. The van der Waals surface area contributed by atoms with Gasteiger partial charge in [0.1, 0.15) is 5.75 Å². The number of hydrogen-bond donors (Lipinski definition) is 2. The molecule has 5 nitrogen and oxygen atoms in total. The topological polar surface area (TPSA) is 67.4 Å². The molecule has 2 aromatic carbocycles. The van der Waals surface area contributed by atoms with E-state index in [0.29, 0.717) is 11.1 Å². The molecule has 1 heterocycles. The van der Waals surface area contributed by atoms with Crippen LogP contribution in [0.25, 0.3) is 5.70 Å². The van der Waals surface area contributed by atoms with E-state index in [1.165, 1.54) is 18.4 Å². The molecule has 2 aliphatic rings. The average molecular weight is 419 g/mol. The van der Waals surface area contributed by atoms with Crippen LogP contribution in [0, 0.1) is 0 Å². The molecule has 0 bridgehead atoms. The van der Waals surface area contributed by atoms with Crippen molar-refractivity contribution in [1.29, 1.82) is 0 Å². The van der Waals surface area contributed by atoms with Crippen LogP contribution in [0.1, 0.15) is 71.4 Å². The molecular weight excluding hydrogens is 388 g/mol. The highest BCUT2D eigenvalue weighted by Crippen LogP contribution is 2.32. The lowest BCUT2D eigenvalue weighted by Gasteiger charge is -2.35. The molecular formula is C26H30N2O3. The summed E-state index contributed by atoms with van der Waals surface area (Å²) in [6.45, 7) is 4.24. The van der Waals surface area contributed by atoms with E-state index in [2.05, 4.69) is 30.5 Å². The van der Waals surface area contributed by atoms with E-state index in [-0.39, 0.29) is 23.3 Å². The van der Waals surface area contributed by atoms with E-state index < -0.39 is 0 Å². The maximum absolute atomic E-state index is 13.0. The van der Waals surface area contributed by atoms with Crippen molar-refractivity contribution in [1.82, 2.24) is 10.6 Å². The summed E-state index contributed by atoms with van der Waals surface area (Å²) in [7, 11) is 1.64. The van der Waals surface area contributed by atoms with Crippen LogP contribution in [0.5, 0.6) is 5.75 Å². The molecule has 0 saturated heterocycles. The molecule has 5 heteroatoms. The van der Waals surface area contributed by atoms with Crippen LogP contribution in [0.15, 0.2) is 48.5 Å². The minimum absolute atomic E-state index is 0.0685. The molecule has 2 N–H and O–H groups in total. The Kier molecular flexibility index (Phi) is 5.86. The van der Waals surface area contributed by atoms with Gasteiger partial charge in [-0.25, -0.2) is 0 Å². The van der Waals surface area contributed by atoms with Crippen LogP contribution in [0.3, 0.4) is 0 Å². The lowest BCUT2D eigenvalue weighted by atomic mass is 9.85. The van der Waals surface area contributed by atoms with E-state index >= 15 is 0 Å². The number of rotatable bonds is 5. The lowest BCUT2D eigenvalue weighted by molar-refractivity contribution is 0.0936. The van der Waals surface area contributed by atoms with Gasteiger partial charge in [0.05, 0.1) is 7.11 Å². The highest BCUT2D eigenvalue weighted by atomic mass is 16.5. The van der Waals surface area contributed by atoms with E-state index in [0.717, 1.165) is 36.3 Å². The second-order valence-electron chi connectivity index (χ2n) is 9.16. The molecule has 0 radical (unpaired) electrons. The van der Waals surface area contributed by atoms with E-state index in [1.807, 2.05) is 12.1 Å². The summed E-state index contributed by atoms with van der Waals surface area (Å²) in [5.74, 6) is 0.592. The van der Waals surface area contributed by atoms with Gasteiger partial charge in [-0.2, -0.15) is 0 Å². The summed E-state index contributed by atoms with van der Waals surface area (Å²) < 4.78 is 5.38. The summed E-state index contributed by atoms with van der Waals surface area (Å²) in [6, 6.07) is 13.2. The van der Waals surface area contributed by atoms with Gasteiger partial charge >= 0.3 is 0 Å². The Balaban J connectivity index is 1.55. The van der Waals surface area contributed by atoms with Gasteiger partial charge in [0.2, 0.25) is 0 Å². The largest absolute Gasteiger partial charge is 0.497 e. The van der Waals surface area contributed by atoms with E-state index in [1.54, 1.807) is 37.5 Å². The SMILES string of the molecule is COc1ccc2c(c1)/C(=C/C(=O)c1ccc(C(=O)NC3CCCC3)cc1)NC(C)(C)C2. The second-order valence-corrected chi connectivity index (χ2v) is 9.16. The van der Waals surface area contributed by atoms with Gasteiger partial charge in [-0.1, -0.05) is 31.0 Å². The quantitative estimate of drug-likeness (QED) is 0.554. The monoisotopic (exact) mass is 418 g/mol. The molecule has 1 amide bonds. The Morgan fingerprint density at radius 1 is 1.06 bits per heavy atom. The number of ketones is 1. The van der Waals surface area contributed by atoms with Crippen LogP contribution < -0.4 is 15.4 Å². The number of methoxy groups -OCH3 is 1. The number of fused-ring (bicyclic) bond motifs is 1. The molecule has 0 spiro atoms. The molecule has 2 aromatic rings. The summed E-state index contributed by atoms with van der Waals surface area (Å²) in [5.41, 5.74) is 3.94. The van der Waals surface area contributed by atoms with Gasteiger partial charge in [-0.15, -0.1) is 0 Å². The Morgan fingerprint density at radius 3 is 2.42 bits per heavy atom. The van der Waals surface area contributed by atoms with Crippen LogP contribution >= 0.6 is 0 Å². The third kappa shape index (κ3) is 4.82. The number of carbonyl (C=O) groups is 2. The minimum Gasteiger partial charge on any atom is -0.497 e. The predicted molar refractivity (Wildman–Crippen MR) is 122 cm³/mol. The highest BCUT2D eigenvalue weighted by molar-refractivity contribution is 6.09. The summed E-state index contributed by atoms with van der Waals surface area (Å²) in [6.07, 6.45) is 6.95. The van der Waals surface area contributed by atoms with Crippen LogP contribution in [0.2, 0.25) is 0 Å². The standard InChI is InChI=1S/C26H30N2O3/c1-26(2)16-19-12-13-21(31-3)14-22(19)23(28-26)15-24(29)17-8-10-18(11-9-17)25(30)27-20-6-4-5-7-20/h8-15,20,28H,4-7,16H2,1-3H3,(H,27,30)/b23-15-. The third-order valence-electron chi connectivity index (χ3n) is 6.11. The van der Waals surface area contributed by atoms with Gasteiger partial charge < -0.3 is 15.4 Å². The number of carbonyl (C=O) groups excluding carboxylic acids is 2. The van der Waals surface area contributed by atoms with Gasteiger partial charge in [-0.3, -0.25) is 9.59 Å². The van der Waals surface area contributed by atoms with E-state index in [4.69, 9.17) is 4.74 Å². The molecule has 0 aromatic heterocycles.